The zero-order chi connectivity index (χ0) is 18.7. The first-order valence-corrected chi connectivity index (χ1v) is 8.99. The van der Waals surface area contributed by atoms with Crippen molar-refractivity contribution in [2.45, 2.75) is 17.9 Å². The highest BCUT2D eigenvalue weighted by Crippen LogP contribution is 2.15. The van der Waals surface area contributed by atoms with Gasteiger partial charge in [-0.2, -0.15) is 8.42 Å². The van der Waals surface area contributed by atoms with Crippen LogP contribution >= 0.6 is 0 Å². The van der Waals surface area contributed by atoms with E-state index in [4.69, 9.17) is 5.73 Å². The number of carbonyl (C=O) groups excluding carboxylic acids is 1. The molecule has 26 heavy (non-hydrogen) atoms. The Morgan fingerprint density at radius 1 is 1.19 bits per heavy atom. The van der Waals surface area contributed by atoms with Gasteiger partial charge in [-0.05, 0) is 30.7 Å². The van der Waals surface area contributed by atoms with Crippen LogP contribution in [0.1, 0.15) is 16.8 Å². The number of aromatic nitrogens is 4. The molecule has 0 radical (unpaired) electrons. The normalized spacial score (nSPS) is 11.6. The fourth-order valence-electron chi connectivity index (χ4n) is 2.38. The molecule has 0 aliphatic carbocycles. The van der Waals surface area contributed by atoms with E-state index >= 15 is 0 Å². The second-order valence-electron chi connectivity index (χ2n) is 5.44. The molecule has 0 saturated heterocycles. The number of rotatable bonds is 6. The van der Waals surface area contributed by atoms with Gasteiger partial charge in [-0.3, -0.25) is 4.79 Å². The largest absolute Gasteiger partial charge is 0.382 e. The van der Waals surface area contributed by atoms with Gasteiger partial charge < -0.3 is 15.6 Å². The third kappa shape index (κ3) is 3.77. The number of nitrogens with two attached hydrogens (primary N) is 1. The Bertz CT molecular complexity index is 1050. The molecule has 0 atom stereocenters. The van der Waals surface area contributed by atoms with Crippen LogP contribution in [0.4, 0.5) is 9.70 Å². The van der Waals surface area contributed by atoms with E-state index in [9.17, 15) is 17.1 Å². The van der Waals surface area contributed by atoms with Crippen molar-refractivity contribution in [2.24, 2.45) is 0 Å². The molecule has 136 valence electrons. The number of aryl methyl sites for hydroxylation is 1. The molecule has 1 aromatic carbocycles. The van der Waals surface area contributed by atoms with E-state index in [-0.39, 0.29) is 11.5 Å². The van der Waals surface area contributed by atoms with Gasteiger partial charge in [0.25, 0.3) is 5.91 Å². The summed E-state index contributed by atoms with van der Waals surface area (Å²) in [5, 5.41) is 2.71. The van der Waals surface area contributed by atoms with E-state index in [2.05, 4.69) is 20.3 Å². The van der Waals surface area contributed by atoms with E-state index < -0.39 is 15.1 Å². The van der Waals surface area contributed by atoms with Gasteiger partial charge >= 0.3 is 10.2 Å². The summed E-state index contributed by atoms with van der Waals surface area (Å²) >= 11 is 0. The topological polar surface area (TPSA) is 133 Å². The lowest BCUT2D eigenvalue weighted by atomic mass is 10.2. The molecule has 9 nitrogen and oxygen atoms in total. The molecule has 0 aliphatic heterocycles. The summed E-state index contributed by atoms with van der Waals surface area (Å²) in [4.78, 5) is 23.7. The molecular weight excluding hydrogens is 363 g/mol. The van der Waals surface area contributed by atoms with Crippen LogP contribution < -0.4 is 11.1 Å². The second-order valence-corrected chi connectivity index (χ2v) is 6.79. The van der Waals surface area contributed by atoms with Gasteiger partial charge in [0.2, 0.25) is 0 Å². The molecule has 0 spiro atoms. The van der Waals surface area contributed by atoms with Crippen molar-refractivity contribution in [2.75, 3.05) is 12.3 Å². The van der Waals surface area contributed by atoms with Gasteiger partial charge in [0.1, 0.15) is 11.8 Å². The third-order valence-electron chi connectivity index (χ3n) is 3.69. The number of anilines is 1. The van der Waals surface area contributed by atoms with Crippen LogP contribution in [0.15, 0.2) is 41.8 Å². The molecule has 3 rings (SSSR count). The van der Waals surface area contributed by atoms with E-state index in [1.165, 1.54) is 18.5 Å². The van der Waals surface area contributed by atoms with Crippen molar-refractivity contribution in [1.29, 1.82) is 0 Å². The summed E-state index contributed by atoms with van der Waals surface area (Å²) in [7, 11) is -4.77. The van der Waals surface area contributed by atoms with Gasteiger partial charge in [-0.1, -0.05) is 0 Å². The molecule has 3 aromatic rings. The number of nitrogens with zero attached hydrogens (tertiary/aromatic N) is 4. The summed E-state index contributed by atoms with van der Waals surface area (Å²) in [6.07, 6.45) is 3.57. The van der Waals surface area contributed by atoms with Crippen LogP contribution in [0.3, 0.4) is 0 Å². The van der Waals surface area contributed by atoms with Crippen molar-refractivity contribution in [3.05, 3.63) is 42.5 Å². The van der Waals surface area contributed by atoms with Crippen molar-refractivity contribution >= 4 is 33.1 Å². The zero-order valence-electron chi connectivity index (χ0n) is 13.5. The number of benzene rings is 1. The van der Waals surface area contributed by atoms with Gasteiger partial charge in [0.15, 0.2) is 11.5 Å². The minimum atomic E-state index is -4.77. The van der Waals surface area contributed by atoms with E-state index in [0.29, 0.717) is 36.5 Å². The van der Waals surface area contributed by atoms with Gasteiger partial charge in [-0.25, -0.2) is 15.0 Å². The van der Waals surface area contributed by atoms with Crippen molar-refractivity contribution in [1.82, 2.24) is 24.8 Å². The zero-order valence-corrected chi connectivity index (χ0v) is 14.3. The monoisotopic (exact) mass is 378 g/mol. The summed E-state index contributed by atoms with van der Waals surface area (Å²) < 4.78 is 36.1. The maximum Gasteiger partial charge on any atom is 0.332 e. The number of halogens is 1. The van der Waals surface area contributed by atoms with Crippen LogP contribution in [-0.2, 0) is 16.8 Å². The molecule has 2 aromatic heterocycles. The Morgan fingerprint density at radius 3 is 2.62 bits per heavy atom. The maximum absolute atomic E-state index is 12.8. The predicted molar refractivity (Wildman–Crippen MR) is 91.4 cm³/mol. The average molecular weight is 378 g/mol. The molecule has 0 fully saturated rings. The van der Waals surface area contributed by atoms with E-state index in [1.54, 1.807) is 10.9 Å². The molecule has 0 saturated carbocycles. The summed E-state index contributed by atoms with van der Waals surface area (Å²) in [6.45, 7) is 0.939. The number of carbonyl (C=O) groups is 1. The standard InChI is InChI=1S/C15H15FN6O3S/c16-26(24,25)11-4-2-10(3-5-11)15(23)18-6-1-7-22-9-21-12-13(17)19-8-20-14(12)22/h2-5,8-9H,1,6-7H2,(H,18,23)(H2,17,19,20). The number of hydrogen-bond acceptors (Lipinski definition) is 7. The van der Waals surface area contributed by atoms with Gasteiger partial charge in [-0.15, -0.1) is 3.89 Å². The molecule has 11 heteroatoms. The Labute approximate surface area is 148 Å². The van der Waals surface area contributed by atoms with Crippen molar-refractivity contribution in [3.63, 3.8) is 0 Å². The smallest absolute Gasteiger partial charge is 0.332 e. The van der Waals surface area contributed by atoms with Crippen LogP contribution in [0.25, 0.3) is 11.2 Å². The quantitative estimate of drug-likeness (QED) is 0.480. The molecule has 0 unspecified atom stereocenters. The highest BCUT2D eigenvalue weighted by atomic mass is 32.3. The lowest BCUT2D eigenvalue weighted by Crippen LogP contribution is -2.25. The molecule has 2 heterocycles. The van der Waals surface area contributed by atoms with Crippen molar-refractivity contribution < 1.29 is 17.1 Å². The summed E-state index contributed by atoms with van der Waals surface area (Å²) in [6, 6.07) is 4.60. The number of fused-ring (bicyclic) bond motifs is 1. The van der Waals surface area contributed by atoms with Gasteiger partial charge in [0, 0.05) is 18.7 Å². The van der Waals surface area contributed by atoms with Crippen LogP contribution in [0.2, 0.25) is 0 Å². The van der Waals surface area contributed by atoms with Crippen LogP contribution in [0, 0.1) is 0 Å². The highest BCUT2D eigenvalue weighted by molar-refractivity contribution is 7.86. The summed E-state index contributed by atoms with van der Waals surface area (Å²) in [5.74, 6) is -0.0735. The minimum absolute atomic E-state index is 0.242. The fourth-order valence-corrected chi connectivity index (χ4v) is 2.85. The van der Waals surface area contributed by atoms with Crippen LogP contribution in [-0.4, -0.2) is 40.4 Å². The molecule has 3 N–H and O–H groups in total. The number of nitrogen functional groups attached to an aromatic ring is 1. The average Bonchev–Trinajstić information content (AvgIpc) is 3.02. The highest BCUT2D eigenvalue weighted by Gasteiger charge is 2.13. The van der Waals surface area contributed by atoms with Gasteiger partial charge in [0.05, 0.1) is 11.2 Å². The Kier molecular flexibility index (Phi) is 4.80. The van der Waals surface area contributed by atoms with Crippen LogP contribution in [0.5, 0.6) is 0 Å². The number of amides is 1. The first-order chi connectivity index (χ1) is 12.4. The summed E-state index contributed by atoms with van der Waals surface area (Å²) in [5.41, 5.74) is 7.11. The lowest BCUT2D eigenvalue weighted by molar-refractivity contribution is 0.0952. The Morgan fingerprint density at radius 2 is 1.92 bits per heavy atom. The fraction of sp³-hybridized carbons (Fsp3) is 0.200. The number of hydrogen-bond donors (Lipinski definition) is 2. The maximum atomic E-state index is 12.8. The predicted octanol–water partition coefficient (Wildman–Crippen LogP) is 0.887. The molecule has 0 bridgehead atoms. The third-order valence-corrected chi connectivity index (χ3v) is 4.52. The Hall–Kier alpha value is -3.08. The SMILES string of the molecule is Nc1ncnc2c1ncn2CCCNC(=O)c1ccc(S(=O)(=O)F)cc1. The number of nitrogens with one attached hydrogen (secondary N) is 1. The second kappa shape index (κ2) is 7.04. The number of imidazole rings is 1. The minimum Gasteiger partial charge on any atom is -0.382 e. The van der Waals surface area contributed by atoms with Crippen molar-refractivity contribution in [3.8, 4) is 0 Å². The Balaban J connectivity index is 1.54. The molecule has 0 aliphatic rings. The van der Waals surface area contributed by atoms with E-state index in [1.807, 2.05) is 0 Å². The molecule has 1 amide bonds. The van der Waals surface area contributed by atoms with E-state index in [0.717, 1.165) is 12.1 Å². The molecular formula is C15H15FN6O3S. The first-order valence-electron chi connectivity index (χ1n) is 7.60. The lowest BCUT2D eigenvalue weighted by Gasteiger charge is -2.07. The first kappa shape index (κ1) is 17.7.